The van der Waals surface area contributed by atoms with Crippen LogP contribution in [0.15, 0.2) is 17.0 Å². The second-order valence-corrected chi connectivity index (χ2v) is 5.91. The average Bonchev–Trinajstić information content (AvgIpc) is 2.30. The summed E-state index contributed by atoms with van der Waals surface area (Å²) in [6.07, 6.45) is 5.78. The highest BCUT2D eigenvalue weighted by Gasteiger charge is 2.21. The lowest BCUT2D eigenvalue weighted by Crippen LogP contribution is -2.33. The van der Waals surface area contributed by atoms with Gasteiger partial charge in [-0.1, -0.05) is 12.8 Å². The third-order valence-corrected chi connectivity index (χ3v) is 4.35. The van der Waals surface area contributed by atoms with Gasteiger partial charge in [0, 0.05) is 0 Å². The Kier molecular flexibility index (Phi) is 4.38. The Bertz CT molecular complexity index is 586. The van der Waals surface area contributed by atoms with Crippen LogP contribution in [0.25, 0.3) is 0 Å². The number of terminal acetylenes is 1. The van der Waals surface area contributed by atoms with E-state index in [2.05, 4.69) is 10.6 Å². The van der Waals surface area contributed by atoms with Gasteiger partial charge in [-0.3, -0.25) is 0 Å². The molecule has 1 unspecified atom stereocenters. The van der Waals surface area contributed by atoms with Gasteiger partial charge in [0.25, 0.3) is 0 Å². The number of benzene rings is 1. The number of rotatable bonds is 4. The molecule has 0 heterocycles. The number of hydrogen-bond acceptors (Lipinski definition) is 3. The van der Waals surface area contributed by atoms with Crippen LogP contribution in [-0.4, -0.2) is 14.5 Å². The van der Waals surface area contributed by atoms with E-state index in [1.165, 1.54) is 0 Å². The van der Waals surface area contributed by atoms with Crippen LogP contribution in [0.5, 0.6) is 0 Å². The Balaban J connectivity index is 3.22. The molecule has 1 aromatic carbocycles. The number of hydrogen-bond donors (Lipinski definition) is 2. The molecule has 0 radical (unpaired) electrons. The normalized spacial score (nSPS) is 13.0. The van der Waals surface area contributed by atoms with Gasteiger partial charge >= 0.3 is 0 Å². The van der Waals surface area contributed by atoms with Gasteiger partial charge in [-0.15, -0.1) is 6.42 Å². The van der Waals surface area contributed by atoms with E-state index in [4.69, 9.17) is 12.2 Å². The van der Waals surface area contributed by atoms with Crippen LogP contribution in [0.3, 0.4) is 0 Å². The topological polar surface area (TPSA) is 72.2 Å². The van der Waals surface area contributed by atoms with Crippen molar-refractivity contribution in [1.29, 1.82) is 0 Å². The highest BCUT2D eigenvalue weighted by molar-refractivity contribution is 7.89. The maximum atomic E-state index is 12.2. The summed E-state index contributed by atoms with van der Waals surface area (Å²) in [5, 5.41) is 0. The van der Waals surface area contributed by atoms with Crippen molar-refractivity contribution in [3.05, 3.63) is 23.3 Å². The van der Waals surface area contributed by atoms with Gasteiger partial charge in [-0.25, -0.2) is 8.42 Å². The summed E-state index contributed by atoms with van der Waals surface area (Å²) in [7, 11) is -3.67. The fraction of sp³-hybridized carbons (Fsp3) is 0.385. The van der Waals surface area contributed by atoms with Crippen LogP contribution in [0.4, 0.5) is 5.69 Å². The van der Waals surface area contributed by atoms with Crippen LogP contribution in [0.2, 0.25) is 0 Å². The summed E-state index contributed by atoms with van der Waals surface area (Å²) >= 11 is 0. The van der Waals surface area contributed by atoms with E-state index < -0.39 is 16.1 Å². The standard InChI is InChI=1S/C13H18N2O2S/c1-5-11(6-2)15-18(16,17)13-8-10(4)9(3)7-12(13)14/h1,7-8,11,15H,6,14H2,2-4H3. The SMILES string of the molecule is C#CC(CC)NS(=O)(=O)c1cc(C)c(C)cc1N. The Labute approximate surface area is 109 Å². The van der Waals surface area contributed by atoms with Crippen LogP contribution >= 0.6 is 0 Å². The van der Waals surface area contributed by atoms with E-state index >= 15 is 0 Å². The van der Waals surface area contributed by atoms with Gasteiger partial charge in [0.05, 0.1) is 11.7 Å². The second kappa shape index (κ2) is 5.42. The number of nitrogens with one attached hydrogen (secondary N) is 1. The molecule has 3 N–H and O–H groups in total. The van der Waals surface area contributed by atoms with Crippen molar-refractivity contribution in [2.24, 2.45) is 0 Å². The minimum atomic E-state index is -3.67. The van der Waals surface area contributed by atoms with Crippen molar-refractivity contribution in [2.45, 2.75) is 38.1 Å². The molecule has 0 saturated carbocycles. The van der Waals surface area contributed by atoms with E-state index in [0.29, 0.717) is 6.42 Å². The molecule has 0 aliphatic carbocycles. The first-order chi connectivity index (χ1) is 8.31. The molecule has 0 spiro atoms. The van der Waals surface area contributed by atoms with Crippen molar-refractivity contribution in [3.8, 4) is 12.3 Å². The average molecular weight is 266 g/mol. The molecule has 0 amide bonds. The minimum absolute atomic E-state index is 0.0827. The molecule has 0 aliphatic heterocycles. The summed E-state index contributed by atoms with van der Waals surface area (Å²) < 4.78 is 26.8. The predicted molar refractivity (Wildman–Crippen MR) is 73.6 cm³/mol. The van der Waals surface area contributed by atoms with E-state index in [9.17, 15) is 8.42 Å². The Morgan fingerprint density at radius 2 is 1.94 bits per heavy atom. The monoisotopic (exact) mass is 266 g/mol. The molecule has 0 bridgehead atoms. The zero-order chi connectivity index (χ0) is 13.9. The van der Waals surface area contributed by atoms with Crippen LogP contribution < -0.4 is 10.5 Å². The van der Waals surface area contributed by atoms with Crippen molar-refractivity contribution in [3.63, 3.8) is 0 Å². The van der Waals surface area contributed by atoms with E-state index in [1.54, 1.807) is 12.1 Å². The number of aryl methyl sites for hydroxylation is 2. The van der Waals surface area contributed by atoms with Gasteiger partial charge in [0.1, 0.15) is 4.90 Å². The van der Waals surface area contributed by atoms with Crippen LogP contribution in [0, 0.1) is 26.2 Å². The third-order valence-electron chi connectivity index (χ3n) is 2.82. The molecule has 1 rings (SSSR count). The summed E-state index contributed by atoms with van der Waals surface area (Å²) in [6, 6.07) is 2.70. The van der Waals surface area contributed by atoms with E-state index in [-0.39, 0.29) is 10.6 Å². The Morgan fingerprint density at radius 1 is 1.39 bits per heavy atom. The fourth-order valence-electron chi connectivity index (χ4n) is 1.53. The maximum absolute atomic E-state index is 12.2. The number of anilines is 1. The molecule has 18 heavy (non-hydrogen) atoms. The molecular formula is C13H18N2O2S. The second-order valence-electron chi connectivity index (χ2n) is 4.22. The number of nitrogens with two attached hydrogens (primary N) is 1. The molecule has 4 nitrogen and oxygen atoms in total. The van der Waals surface area contributed by atoms with Crippen molar-refractivity contribution in [2.75, 3.05) is 5.73 Å². The van der Waals surface area contributed by atoms with Gasteiger partial charge < -0.3 is 5.73 Å². The molecule has 0 aromatic heterocycles. The van der Waals surface area contributed by atoms with Gasteiger partial charge in [-0.05, 0) is 43.5 Å². The van der Waals surface area contributed by atoms with Crippen molar-refractivity contribution in [1.82, 2.24) is 4.72 Å². The number of nitrogen functional groups attached to an aromatic ring is 1. The molecule has 0 saturated heterocycles. The first-order valence-electron chi connectivity index (χ1n) is 5.67. The zero-order valence-corrected chi connectivity index (χ0v) is 11.6. The van der Waals surface area contributed by atoms with Gasteiger partial charge in [0.2, 0.25) is 10.0 Å². The lowest BCUT2D eigenvalue weighted by molar-refractivity contribution is 0.571. The maximum Gasteiger partial charge on any atom is 0.243 e. The molecule has 5 heteroatoms. The molecule has 0 fully saturated rings. The summed E-state index contributed by atoms with van der Waals surface area (Å²) in [5.74, 6) is 2.39. The lowest BCUT2D eigenvalue weighted by Gasteiger charge is -2.14. The molecule has 98 valence electrons. The molecular weight excluding hydrogens is 248 g/mol. The Hall–Kier alpha value is -1.51. The highest BCUT2D eigenvalue weighted by atomic mass is 32.2. The molecule has 0 aliphatic rings. The van der Waals surface area contributed by atoms with Gasteiger partial charge in [-0.2, -0.15) is 4.72 Å². The summed E-state index contributed by atoms with van der Waals surface area (Å²) in [6.45, 7) is 5.54. The lowest BCUT2D eigenvalue weighted by atomic mass is 10.1. The smallest absolute Gasteiger partial charge is 0.243 e. The first kappa shape index (κ1) is 14.6. The van der Waals surface area contributed by atoms with Crippen molar-refractivity contribution >= 4 is 15.7 Å². The zero-order valence-electron chi connectivity index (χ0n) is 10.8. The minimum Gasteiger partial charge on any atom is -0.398 e. The third kappa shape index (κ3) is 3.03. The van der Waals surface area contributed by atoms with Crippen LogP contribution in [0.1, 0.15) is 24.5 Å². The van der Waals surface area contributed by atoms with Crippen molar-refractivity contribution < 1.29 is 8.42 Å². The van der Waals surface area contributed by atoms with Crippen LogP contribution in [-0.2, 0) is 10.0 Å². The largest absolute Gasteiger partial charge is 0.398 e. The summed E-state index contributed by atoms with van der Waals surface area (Å²) in [4.78, 5) is 0.0827. The van der Waals surface area contributed by atoms with Gasteiger partial charge in [0.15, 0.2) is 0 Å². The first-order valence-corrected chi connectivity index (χ1v) is 7.15. The predicted octanol–water partition coefficient (Wildman–Crippen LogP) is 1.58. The van der Waals surface area contributed by atoms with E-state index in [0.717, 1.165) is 11.1 Å². The fourth-order valence-corrected chi connectivity index (χ4v) is 2.97. The summed E-state index contributed by atoms with van der Waals surface area (Å²) in [5.41, 5.74) is 7.83. The highest BCUT2D eigenvalue weighted by Crippen LogP contribution is 2.22. The van der Waals surface area contributed by atoms with E-state index in [1.807, 2.05) is 20.8 Å². The number of sulfonamides is 1. The quantitative estimate of drug-likeness (QED) is 0.642. The molecule has 1 aromatic rings. The Morgan fingerprint density at radius 3 is 2.44 bits per heavy atom. The molecule has 1 atom stereocenters.